The number of amides is 2. The fourth-order valence-electron chi connectivity index (χ4n) is 4.49. The van der Waals surface area contributed by atoms with Crippen LogP contribution in [0.4, 0.5) is 4.79 Å². The van der Waals surface area contributed by atoms with E-state index < -0.39 is 0 Å². The third kappa shape index (κ3) is 4.62. The molecule has 3 atom stereocenters. The largest absolute Gasteiger partial charge is 0.382 e. The summed E-state index contributed by atoms with van der Waals surface area (Å²) in [5, 5.41) is 0.480. The normalized spacial score (nSPS) is 23.6. The SMILES string of the molecule is CCOCCC[C@@H]1SC[C@H]2[C@@H]1N(Cc1ccccc1)C(=O)N2Cc1ccccc1. The molecule has 0 bridgehead atoms. The monoisotopic (exact) mass is 410 g/mol. The van der Waals surface area contributed by atoms with Crippen LogP contribution in [0.25, 0.3) is 0 Å². The van der Waals surface area contributed by atoms with E-state index in [0.717, 1.165) is 31.8 Å². The Morgan fingerprint density at radius 3 is 2.21 bits per heavy atom. The highest BCUT2D eigenvalue weighted by atomic mass is 32.2. The standard InChI is InChI=1S/C24H30N2O2S/c1-2-28-15-9-14-22-23-21(18-29-22)25(16-19-10-5-3-6-11-19)24(27)26(23)17-20-12-7-4-8-13-20/h3-8,10-13,21-23H,2,9,14-18H2,1H3/t21-,22-,23-/m0/s1. The van der Waals surface area contributed by atoms with Gasteiger partial charge in [-0.05, 0) is 30.9 Å². The van der Waals surface area contributed by atoms with Crippen molar-refractivity contribution in [3.63, 3.8) is 0 Å². The second-order valence-electron chi connectivity index (χ2n) is 7.78. The molecular formula is C24H30N2O2S. The van der Waals surface area contributed by atoms with Gasteiger partial charge >= 0.3 is 6.03 Å². The molecule has 2 fully saturated rings. The molecule has 0 aromatic heterocycles. The molecule has 4 rings (SSSR count). The van der Waals surface area contributed by atoms with E-state index in [9.17, 15) is 4.79 Å². The predicted molar refractivity (Wildman–Crippen MR) is 119 cm³/mol. The van der Waals surface area contributed by atoms with Crippen LogP contribution >= 0.6 is 11.8 Å². The van der Waals surface area contributed by atoms with Gasteiger partial charge in [0.1, 0.15) is 0 Å². The summed E-state index contributed by atoms with van der Waals surface area (Å²) in [6, 6.07) is 21.5. The minimum Gasteiger partial charge on any atom is -0.382 e. The van der Waals surface area contributed by atoms with Gasteiger partial charge < -0.3 is 14.5 Å². The molecule has 4 nitrogen and oxygen atoms in total. The highest BCUT2D eigenvalue weighted by Crippen LogP contribution is 2.42. The van der Waals surface area contributed by atoms with Crippen molar-refractivity contribution >= 4 is 17.8 Å². The van der Waals surface area contributed by atoms with Crippen LogP contribution in [0.5, 0.6) is 0 Å². The van der Waals surface area contributed by atoms with Crippen LogP contribution in [0.1, 0.15) is 30.9 Å². The molecule has 0 aliphatic carbocycles. The number of fused-ring (bicyclic) bond motifs is 1. The van der Waals surface area contributed by atoms with Gasteiger partial charge in [0.05, 0.1) is 12.1 Å². The zero-order valence-corrected chi connectivity index (χ0v) is 17.9. The molecule has 2 aromatic carbocycles. The molecular weight excluding hydrogens is 380 g/mol. The second-order valence-corrected chi connectivity index (χ2v) is 9.05. The van der Waals surface area contributed by atoms with Gasteiger partial charge in [0.15, 0.2) is 0 Å². The second kappa shape index (κ2) is 9.68. The van der Waals surface area contributed by atoms with Crippen LogP contribution in [0.2, 0.25) is 0 Å². The minimum atomic E-state index is 0.183. The molecule has 154 valence electrons. The van der Waals surface area contributed by atoms with E-state index in [1.807, 2.05) is 30.8 Å². The van der Waals surface area contributed by atoms with Crippen LogP contribution in [0, 0.1) is 0 Å². The Bertz CT molecular complexity index is 786. The van der Waals surface area contributed by atoms with Crippen molar-refractivity contribution in [2.75, 3.05) is 19.0 Å². The number of hydrogen-bond acceptors (Lipinski definition) is 3. The van der Waals surface area contributed by atoms with Gasteiger partial charge in [0.25, 0.3) is 0 Å². The number of carbonyl (C=O) groups excluding carboxylic acids is 1. The Labute approximate surface area is 178 Å². The average molecular weight is 411 g/mol. The lowest BCUT2D eigenvalue weighted by Crippen LogP contribution is -2.40. The number of benzene rings is 2. The molecule has 2 aromatic rings. The number of carbonyl (C=O) groups is 1. The summed E-state index contributed by atoms with van der Waals surface area (Å²) >= 11 is 2.03. The summed E-state index contributed by atoms with van der Waals surface area (Å²) in [7, 11) is 0. The highest BCUT2D eigenvalue weighted by Gasteiger charge is 2.52. The number of ether oxygens (including phenoxy) is 1. The van der Waals surface area contributed by atoms with Crippen molar-refractivity contribution in [1.82, 2.24) is 9.80 Å². The Morgan fingerprint density at radius 1 is 0.966 bits per heavy atom. The van der Waals surface area contributed by atoms with Crippen LogP contribution in [0.3, 0.4) is 0 Å². The van der Waals surface area contributed by atoms with Gasteiger partial charge in [-0.25, -0.2) is 4.79 Å². The van der Waals surface area contributed by atoms with Crippen molar-refractivity contribution in [2.24, 2.45) is 0 Å². The molecule has 2 aliphatic heterocycles. The zero-order chi connectivity index (χ0) is 20.1. The van der Waals surface area contributed by atoms with Crippen LogP contribution in [0.15, 0.2) is 60.7 Å². The topological polar surface area (TPSA) is 32.8 Å². The van der Waals surface area contributed by atoms with E-state index in [2.05, 4.69) is 58.3 Å². The van der Waals surface area contributed by atoms with Gasteiger partial charge in [-0.3, -0.25) is 0 Å². The number of urea groups is 1. The first-order valence-electron chi connectivity index (χ1n) is 10.6. The molecule has 0 N–H and O–H groups in total. The van der Waals surface area contributed by atoms with Gasteiger partial charge in [-0.2, -0.15) is 11.8 Å². The Morgan fingerprint density at radius 2 is 1.59 bits per heavy atom. The van der Waals surface area contributed by atoms with Crippen molar-refractivity contribution in [1.29, 1.82) is 0 Å². The summed E-state index contributed by atoms with van der Waals surface area (Å²) in [5.41, 5.74) is 2.40. The number of rotatable bonds is 9. The van der Waals surface area contributed by atoms with E-state index >= 15 is 0 Å². The van der Waals surface area contributed by atoms with E-state index in [1.165, 1.54) is 11.1 Å². The summed E-state index contributed by atoms with van der Waals surface area (Å²) in [6.07, 6.45) is 2.16. The Hall–Kier alpha value is -1.98. The molecule has 0 radical (unpaired) electrons. The fourth-order valence-corrected chi connectivity index (χ4v) is 6.17. The first-order valence-corrected chi connectivity index (χ1v) is 11.7. The summed E-state index contributed by atoms with van der Waals surface area (Å²) in [5.74, 6) is 1.02. The fraction of sp³-hybridized carbons (Fsp3) is 0.458. The van der Waals surface area contributed by atoms with Crippen molar-refractivity contribution < 1.29 is 9.53 Å². The molecule has 0 spiro atoms. The van der Waals surface area contributed by atoms with E-state index in [-0.39, 0.29) is 18.1 Å². The minimum absolute atomic E-state index is 0.183. The maximum Gasteiger partial charge on any atom is 0.321 e. The molecule has 2 amide bonds. The van der Waals surface area contributed by atoms with Crippen molar-refractivity contribution in [2.45, 2.75) is 50.2 Å². The molecule has 5 heteroatoms. The molecule has 0 unspecified atom stereocenters. The lowest BCUT2D eigenvalue weighted by molar-refractivity contribution is 0.141. The van der Waals surface area contributed by atoms with Crippen LogP contribution in [-0.4, -0.2) is 52.1 Å². The zero-order valence-electron chi connectivity index (χ0n) is 17.1. The first kappa shape index (κ1) is 20.3. The first-order chi connectivity index (χ1) is 14.3. The number of hydrogen-bond donors (Lipinski definition) is 0. The van der Waals surface area contributed by atoms with Crippen LogP contribution in [-0.2, 0) is 17.8 Å². The maximum atomic E-state index is 13.5. The average Bonchev–Trinajstić information content (AvgIpc) is 3.27. The third-order valence-electron chi connectivity index (χ3n) is 5.88. The number of thioether (sulfide) groups is 1. The molecule has 2 aliphatic rings. The lowest BCUT2D eigenvalue weighted by atomic mass is 10.0. The van der Waals surface area contributed by atoms with Gasteiger partial charge in [-0.1, -0.05) is 60.7 Å². The van der Waals surface area contributed by atoms with Gasteiger partial charge in [-0.15, -0.1) is 0 Å². The molecule has 2 saturated heterocycles. The quantitative estimate of drug-likeness (QED) is 0.440. The maximum absolute atomic E-state index is 13.5. The molecule has 0 saturated carbocycles. The Kier molecular flexibility index (Phi) is 6.78. The predicted octanol–water partition coefficient (Wildman–Crippen LogP) is 4.79. The lowest BCUT2D eigenvalue weighted by Gasteiger charge is -2.27. The summed E-state index contributed by atoms with van der Waals surface area (Å²) in [6.45, 7) is 5.00. The van der Waals surface area contributed by atoms with Gasteiger partial charge in [0, 0.05) is 37.3 Å². The van der Waals surface area contributed by atoms with E-state index in [1.54, 1.807) is 0 Å². The molecule has 2 heterocycles. The van der Waals surface area contributed by atoms with E-state index in [4.69, 9.17) is 4.74 Å². The van der Waals surface area contributed by atoms with E-state index in [0.29, 0.717) is 18.3 Å². The van der Waals surface area contributed by atoms with Crippen molar-refractivity contribution in [3.05, 3.63) is 71.8 Å². The number of nitrogens with zero attached hydrogens (tertiary/aromatic N) is 2. The molecule has 29 heavy (non-hydrogen) atoms. The Balaban J connectivity index is 1.53. The highest BCUT2D eigenvalue weighted by molar-refractivity contribution is 8.00. The summed E-state index contributed by atoms with van der Waals surface area (Å²) in [4.78, 5) is 17.7. The van der Waals surface area contributed by atoms with Gasteiger partial charge in [0.2, 0.25) is 0 Å². The smallest absolute Gasteiger partial charge is 0.321 e. The third-order valence-corrected chi connectivity index (χ3v) is 7.36. The van der Waals surface area contributed by atoms with Crippen molar-refractivity contribution in [3.8, 4) is 0 Å². The van der Waals surface area contributed by atoms with Crippen LogP contribution < -0.4 is 0 Å². The summed E-state index contributed by atoms with van der Waals surface area (Å²) < 4.78 is 5.55.